The molecule has 1 fully saturated rings. The van der Waals surface area contributed by atoms with Gasteiger partial charge >= 0.3 is 0 Å². The van der Waals surface area contributed by atoms with E-state index in [0.717, 1.165) is 37.0 Å². The van der Waals surface area contributed by atoms with E-state index in [4.69, 9.17) is 9.47 Å². The second-order valence-corrected chi connectivity index (χ2v) is 7.15. The molecule has 1 saturated carbocycles. The SMILES string of the molecule is CC(=O)Nc1cc(C(=O)Nc2ccc3c(c2)OC2(CCCC2)O3)ccc1C. The third-order valence-electron chi connectivity index (χ3n) is 4.97. The van der Waals surface area contributed by atoms with E-state index < -0.39 is 5.79 Å². The summed E-state index contributed by atoms with van der Waals surface area (Å²) in [5.74, 6) is 0.439. The molecule has 140 valence electrons. The van der Waals surface area contributed by atoms with Gasteiger partial charge in [-0.3, -0.25) is 9.59 Å². The Labute approximate surface area is 157 Å². The average molecular weight is 366 g/mol. The standard InChI is InChI=1S/C21H22N2O4/c1-13-5-6-15(11-17(13)22-14(2)24)20(25)23-16-7-8-18-19(12-16)27-21(26-18)9-3-4-10-21/h5-8,11-12H,3-4,9-10H2,1-2H3,(H,22,24)(H,23,25). The molecule has 4 rings (SSSR count). The van der Waals surface area contributed by atoms with Crippen molar-refractivity contribution in [1.82, 2.24) is 0 Å². The molecule has 0 radical (unpaired) electrons. The number of nitrogens with one attached hydrogen (secondary N) is 2. The van der Waals surface area contributed by atoms with Crippen LogP contribution in [0.15, 0.2) is 36.4 Å². The van der Waals surface area contributed by atoms with Gasteiger partial charge < -0.3 is 20.1 Å². The van der Waals surface area contributed by atoms with Crippen molar-refractivity contribution in [2.24, 2.45) is 0 Å². The van der Waals surface area contributed by atoms with Crippen LogP contribution in [0.3, 0.4) is 0 Å². The van der Waals surface area contributed by atoms with Gasteiger partial charge in [-0.1, -0.05) is 6.07 Å². The minimum atomic E-state index is -0.519. The molecule has 2 aliphatic rings. The van der Waals surface area contributed by atoms with Gasteiger partial charge in [-0.05, 0) is 49.6 Å². The third kappa shape index (κ3) is 3.47. The third-order valence-corrected chi connectivity index (χ3v) is 4.97. The Balaban J connectivity index is 1.50. The molecule has 1 spiro atoms. The Morgan fingerprint density at radius 1 is 0.963 bits per heavy atom. The van der Waals surface area contributed by atoms with E-state index >= 15 is 0 Å². The quantitative estimate of drug-likeness (QED) is 0.851. The lowest BCUT2D eigenvalue weighted by molar-refractivity contribution is -0.114. The van der Waals surface area contributed by atoms with E-state index in [1.807, 2.05) is 19.1 Å². The van der Waals surface area contributed by atoms with Crippen LogP contribution >= 0.6 is 0 Å². The van der Waals surface area contributed by atoms with Crippen LogP contribution < -0.4 is 20.1 Å². The van der Waals surface area contributed by atoms with E-state index in [1.54, 1.807) is 24.3 Å². The van der Waals surface area contributed by atoms with Crippen LogP contribution in [0.25, 0.3) is 0 Å². The highest BCUT2D eigenvalue weighted by Crippen LogP contribution is 2.47. The monoisotopic (exact) mass is 366 g/mol. The summed E-state index contributed by atoms with van der Waals surface area (Å²) in [7, 11) is 0. The fraction of sp³-hybridized carbons (Fsp3) is 0.333. The predicted octanol–water partition coefficient (Wildman–Crippen LogP) is 4.25. The van der Waals surface area contributed by atoms with Crippen molar-refractivity contribution in [3.63, 3.8) is 0 Å². The molecule has 2 aromatic carbocycles. The highest BCUT2D eigenvalue weighted by molar-refractivity contribution is 6.05. The molecule has 2 N–H and O–H groups in total. The van der Waals surface area contributed by atoms with Gasteiger partial charge in [0.1, 0.15) is 0 Å². The van der Waals surface area contributed by atoms with Crippen molar-refractivity contribution >= 4 is 23.2 Å². The van der Waals surface area contributed by atoms with Gasteiger partial charge in [0.05, 0.1) is 0 Å². The van der Waals surface area contributed by atoms with E-state index in [9.17, 15) is 9.59 Å². The van der Waals surface area contributed by atoms with Crippen LogP contribution in [0.5, 0.6) is 11.5 Å². The van der Waals surface area contributed by atoms with E-state index in [0.29, 0.717) is 22.7 Å². The van der Waals surface area contributed by atoms with Gasteiger partial charge in [0.2, 0.25) is 5.91 Å². The van der Waals surface area contributed by atoms with E-state index in [2.05, 4.69) is 10.6 Å². The smallest absolute Gasteiger partial charge is 0.255 e. The van der Waals surface area contributed by atoms with Crippen molar-refractivity contribution < 1.29 is 19.1 Å². The number of amides is 2. The number of rotatable bonds is 3. The number of anilines is 2. The first kappa shape index (κ1) is 17.4. The molecule has 1 aliphatic heterocycles. The molecule has 1 aliphatic carbocycles. The van der Waals surface area contributed by atoms with Gasteiger partial charge in [-0.2, -0.15) is 0 Å². The molecule has 2 aromatic rings. The number of aryl methyl sites for hydroxylation is 1. The molecule has 0 unspecified atom stereocenters. The largest absolute Gasteiger partial charge is 0.448 e. The second-order valence-electron chi connectivity index (χ2n) is 7.15. The Bertz CT molecular complexity index is 916. The lowest BCUT2D eigenvalue weighted by atomic mass is 10.1. The van der Waals surface area contributed by atoms with Crippen LogP contribution in [0.4, 0.5) is 11.4 Å². The minimum Gasteiger partial charge on any atom is -0.448 e. The van der Waals surface area contributed by atoms with E-state index in [-0.39, 0.29) is 11.8 Å². The Morgan fingerprint density at radius 2 is 1.70 bits per heavy atom. The number of ether oxygens (including phenoxy) is 2. The van der Waals surface area contributed by atoms with Crippen LogP contribution in [0.2, 0.25) is 0 Å². The lowest BCUT2D eigenvalue weighted by Gasteiger charge is -2.21. The first-order valence-electron chi connectivity index (χ1n) is 9.16. The zero-order valence-electron chi connectivity index (χ0n) is 15.4. The molecule has 6 heteroatoms. The molecular weight excluding hydrogens is 344 g/mol. The predicted molar refractivity (Wildman–Crippen MR) is 102 cm³/mol. The number of hydrogen-bond donors (Lipinski definition) is 2. The maximum absolute atomic E-state index is 12.6. The second kappa shape index (κ2) is 6.61. The van der Waals surface area contributed by atoms with Crippen LogP contribution in [0.1, 0.15) is 48.5 Å². The van der Waals surface area contributed by atoms with Crippen molar-refractivity contribution in [3.05, 3.63) is 47.5 Å². The fourth-order valence-electron chi connectivity index (χ4n) is 3.58. The minimum absolute atomic E-state index is 0.174. The van der Waals surface area contributed by atoms with Crippen molar-refractivity contribution in [1.29, 1.82) is 0 Å². The zero-order chi connectivity index (χ0) is 19.0. The summed E-state index contributed by atoms with van der Waals surface area (Å²) in [6.07, 6.45) is 3.97. The molecule has 6 nitrogen and oxygen atoms in total. The summed E-state index contributed by atoms with van der Waals surface area (Å²) in [5.41, 5.74) is 2.63. The van der Waals surface area contributed by atoms with Crippen LogP contribution in [-0.2, 0) is 4.79 Å². The summed E-state index contributed by atoms with van der Waals surface area (Å²) in [5, 5.41) is 5.62. The van der Waals surface area contributed by atoms with Gasteiger partial charge in [0.15, 0.2) is 11.5 Å². The molecule has 0 bridgehead atoms. The Kier molecular flexibility index (Phi) is 4.26. The number of fused-ring (bicyclic) bond motifs is 1. The first-order valence-corrected chi connectivity index (χ1v) is 9.16. The van der Waals surface area contributed by atoms with Gasteiger partial charge in [-0.25, -0.2) is 0 Å². The van der Waals surface area contributed by atoms with Crippen molar-refractivity contribution in [2.75, 3.05) is 10.6 Å². The van der Waals surface area contributed by atoms with Crippen molar-refractivity contribution in [2.45, 2.75) is 45.3 Å². The van der Waals surface area contributed by atoms with E-state index in [1.165, 1.54) is 6.92 Å². The van der Waals surface area contributed by atoms with Crippen LogP contribution in [-0.4, -0.2) is 17.6 Å². The average Bonchev–Trinajstić information content (AvgIpc) is 3.22. The van der Waals surface area contributed by atoms with Gasteiger partial charge in [0.25, 0.3) is 11.7 Å². The highest BCUT2D eigenvalue weighted by atomic mass is 16.7. The van der Waals surface area contributed by atoms with Crippen LogP contribution in [0, 0.1) is 6.92 Å². The maximum atomic E-state index is 12.6. The first-order chi connectivity index (χ1) is 12.9. The number of carbonyl (C=O) groups excluding carboxylic acids is 2. The molecule has 2 amide bonds. The number of hydrogen-bond acceptors (Lipinski definition) is 4. The Hall–Kier alpha value is -3.02. The van der Waals surface area contributed by atoms with Gasteiger partial charge in [-0.15, -0.1) is 0 Å². The summed E-state index contributed by atoms with van der Waals surface area (Å²) < 4.78 is 12.0. The molecule has 27 heavy (non-hydrogen) atoms. The summed E-state index contributed by atoms with van der Waals surface area (Å²) >= 11 is 0. The summed E-state index contributed by atoms with van der Waals surface area (Å²) in [6, 6.07) is 10.6. The fourth-order valence-corrected chi connectivity index (χ4v) is 3.58. The number of benzene rings is 2. The topological polar surface area (TPSA) is 76.7 Å². The van der Waals surface area contributed by atoms with Crippen molar-refractivity contribution in [3.8, 4) is 11.5 Å². The Morgan fingerprint density at radius 3 is 2.44 bits per heavy atom. The van der Waals surface area contributed by atoms with Gasteiger partial charge in [0, 0.05) is 42.8 Å². The zero-order valence-corrected chi connectivity index (χ0v) is 15.4. The highest BCUT2D eigenvalue weighted by Gasteiger charge is 2.44. The normalized spacial score (nSPS) is 16.4. The summed E-state index contributed by atoms with van der Waals surface area (Å²) in [6.45, 7) is 3.32. The number of carbonyl (C=O) groups is 2. The lowest BCUT2D eigenvalue weighted by Crippen LogP contribution is -2.34. The molecule has 1 heterocycles. The maximum Gasteiger partial charge on any atom is 0.255 e. The molecular formula is C21H22N2O4. The molecule has 0 atom stereocenters. The summed E-state index contributed by atoms with van der Waals surface area (Å²) in [4.78, 5) is 23.9. The molecule has 0 saturated heterocycles. The molecule has 0 aromatic heterocycles.